The molecule has 1 rings (SSSR count). The van der Waals surface area contributed by atoms with Gasteiger partial charge in [-0.2, -0.15) is 0 Å². The monoisotopic (exact) mass is 286 g/mol. The lowest BCUT2D eigenvalue weighted by Gasteiger charge is -2.38. The van der Waals surface area contributed by atoms with E-state index in [2.05, 4.69) is 26.1 Å². The van der Waals surface area contributed by atoms with Gasteiger partial charge in [0, 0.05) is 32.3 Å². The van der Waals surface area contributed by atoms with Crippen molar-refractivity contribution in [3.63, 3.8) is 0 Å². The van der Waals surface area contributed by atoms with Crippen LogP contribution in [0.2, 0.25) is 0 Å². The first kappa shape index (κ1) is 17.4. The number of carboxylic acids is 1. The molecule has 0 aromatic rings. The number of likely N-dealkylation sites (tertiary alicyclic amines) is 1. The van der Waals surface area contributed by atoms with E-state index in [-0.39, 0.29) is 18.6 Å². The van der Waals surface area contributed by atoms with Gasteiger partial charge in [-0.1, -0.05) is 20.8 Å². The Hall–Kier alpha value is -0.650. The molecule has 1 aliphatic rings. The van der Waals surface area contributed by atoms with Crippen LogP contribution in [0.3, 0.4) is 0 Å². The lowest BCUT2D eigenvalue weighted by atomic mass is 9.89. The Kier molecular flexibility index (Phi) is 6.92. The minimum absolute atomic E-state index is 0.114. The Morgan fingerprint density at radius 2 is 2.05 bits per heavy atom. The zero-order valence-electron chi connectivity index (χ0n) is 13.1. The molecule has 5 nitrogen and oxygen atoms in total. The molecule has 0 saturated carbocycles. The largest absolute Gasteiger partial charge is 0.480 e. The summed E-state index contributed by atoms with van der Waals surface area (Å²) in [5.74, 6) is -0.282. The number of piperidine rings is 1. The van der Waals surface area contributed by atoms with Gasteiger partial charge in [-0.15, -0.1) is 0 Å². The zero-order valence-corrected chi connectivity index (χ0v) is 13.1. The van der Waals surface area contributed by atoms with Crippen LogP contribution in [0, 0.1) is 11.3 Å². The fraction of sp³-hybridized carbons (Fsp3) is 0.933. The average molecular weight is 286 g/mol. The van der Waals surface area contributed by atoms with Crippen molar-refractivity contribution in [1.82, 2.24) is 10.2 Å². The summed E-state index contributed by atoms with van der Waals surface area (Å²) in [5, 5.41) is 21.5. The number of carbonyl (C=O) groups is 1. The quantitative estimate of drug-likeness (QED) is 0.655. The molecule has 1 fully saturated rings. The van der Waals surface area contributed by atoms with Crippen molar-refractivity contribution in [3.05, 3.63) is 0 Å². The molecule has 20 heavy (non-hydrogen) atoms. The van der Waals surface area contributed by atoms with E-state index in [9.17, 15) is 4.79 Å². The van der Waals surface area contributed by atoms with Crippen molar-refractivity contribution >= 4 is 5.97 Å². The standard InChI is InChI=1S/C15H30N2O3/c1-15(2,3)11-16-13-7-12(5-4-6-18)8-17(9-13)10-14(19)20/h12-13,16,18H,4-11H2,1-3H3,(H,19,20). The highest BCUT2D eigenvalue weighted by Gasteiger charge is 2.28. The SMILES string of the molecule is CC(C)(C)CNC1CC(CCCO)CN(CC(=O)O)C1. The molecule has 118 valence electrons. The van der Waals surface area contributed by atoms with Gasteiger partial charge >= 0.3 is 5.97 Å². The van der Waals surface area contributed by atoms with Crippen LogP contribution in [0.15, 0.2) is 0 Å². The van der Waals surface area contributed by atoms with Crippen molar-refractivity contribution in [2.24, 2.45) is 11.3 Å². The van der Waals surface area contributed by atoms with E-state index in [0.717, 1.165) is 38.9 Å². The van der Waals surface area contributed by atoms with Crippen molar-refractivity contribution in [1.29, 1.82) is 0 Å². The van der Waals surface area contributed by atoms with Gasteiger partial charge < -0.3 is 15.5 Å². The van der Waals surface area contributed by atoms with Crippen LogP contribution < -0.4 is 5.32 Å². The van der Waals surface area contributed by atoms with E-state index >= 15 is 0 Å². The van der Waals surface area contributed by atoms with Gasteiger partial charge in [-0.25, -0.2) is 0 Å². The number of rotatable bonds is 7. The summed E-state index contributed by atoms with van der Waals surface area (Å²) < 4.78 is 0. The number of hydrogen-bond acceptors (Lipinski definition) is 4. The molecule has 5 heteroatoms. The molecule has 0 aromatic heterocycles. The highest BCUT2D eigenvalue weighted by Crippen LogP contribution is 2.22. The molecule has 2 atom stereocenters. The lowest BCUT2D eigenvalue weighted by Crippen LogP contribution is -2.51. The normalized spacial score (nSPS) is 24.8. The summed E-state index contributed by atoms with van der Waals surface area (Å²) in [6, 6.07) is 0.353. The summed E-state index contributed by atoms with van der Waals surface area (Å²) in [5.41, 5.74) is 0.232. The molecule has 2 unspecified atom stereocenters. The number of hydrogen-bond donors (Lipinski definition) is 3. The van der Waals surface area contributed by atoms with Crippen LogP contribution in [0.1, 0.15) is 40.0 Å². The summed E-state index contributed by atoms with van der Waals surface area (Å²) in [7, 11) is 0. The molecule has 0 bridgehead atoms. The van der Waals surface area contributed by atoms with Crippen LogP contribution in [0.5, 0.6) is 0 Å². The number of aliphatic carboxylic acids is 1. The van der Waals surface area contributed by atoms with Crippen LogP contribution in [0.25, 0.3) is 0 Å². The van der Waals surface area contributed by atoms with Crippen LogP contribution >= 0.6 is 0 Å². The number of nitrogens with one attached hydrogen (secondary N) is 1. The lowest BCUT2D eigenvalue weighted by molar-refractivity contribution is -0.138. The van der Waals surface area contributed by atoms with E-state index in [1.807, 2.05) is 4.90 Å². The van der Waals surface area contributed by atoms with Crippen LogP contribution in [-0.2, 0) is 4.79 Å². The molecule has 0 amide bonds. The van der Waals surface area contributed by atoms with Gasteiger partial charge in [0.2, 0.25) is 0 Å². The molecule has 0 spiro atoms. The third kappa shape index (κ3) is 7.22. The molecule has 3 N–H and O–H groups in total. The van der Waals surface area contributed by atoms with Gasteiger partial charge in [0.15, 0.2) is 0 Å². The molecule has 0 aliphatic carbocycles. The van der Waals surface area contributed by atoms with Crippen molar-refractivity contribution in [2.45, 2.75) is 46.1 Å². The van der Waals surface area contributed by atoms with E-state index in [0.29, 0.717) is 12.0 Å². The second kappa shape index (κ2) is 7.96. The molecule has 1 saturated heterocycles. The Morgan fingerprint density at radius 3 is 2.60 bits per heavy atom. The van der Waals surface area contributed by atoms with Gasteiger partial charge in [-0.05, 0) is 30.6 Å². The van der Waals surface area contributed by atoms with E-state index in [1.54, 1.807) is 0 Å². The molecule has 0 radical (unpaired) electrons. The van der Waals surface area contributed by atoms with Crippen LogP contribution in [-0.4, -0.2) is 59.9 Å². The highest BCUT2D eigenvalue weighted by molar-refractivity contribution is 5.69. The predicted molar refractivity (Wildman–Crippen MR) is 79.7 cm³/mol. The number of nitrogens with zero attached hydrogens (tertiary/aromatic N) is 1. The number of aliphatic hydroxyl groups excluding tert-OH is 1. The third-order valence-electron chi connectivity index (χ3n) is 3.66. The molecule has 0 aromatic carbocycles. The van der Waals surface area contributed by atoms with Crippen molar-refractivity contribution < 1.29 is 15.0 Å². The predicted octanol–water partition coefficient (Wildman–Crippen LogP) is 1.17. The van der Waals surface area contributed by atoms with E-state index in [4.69, 9.17) is 10.2 Å². The van der Waals surface area contributed by atoms with Gasteiger partial charge in [-0.3, -0.25) is 9.69 Å². The maximum Gasteiger partial charge on any atom is 0.317 e. The second-order valence-electron chi connectivity index (χ2n) is 7.19. The maximum absolute atomic E-state index is 10.9. The molecular weight excluding hydrogens is 256 g/mol. The van der Waals surface area contributed by atoms with E-state index < -0.39 is 5.97 Å². The summed E-state index contributed by atoms with van der Waals surface area (Å²) >= 11 is 0. The first-order valence-electron chi connectivity index (χ1n) is 7.58. The van der Waals surface area contributed by atoms with Crippen molar-refractivity contribution in [3.8, 4) is 0 Å². The molecule has 1 heterocycles. The number of carboxylic acid groups (broad SMARTS) is 1. The Bertz CT molecular complexity index is 302. The molecule has 1 aliphatic heterocycles. The van der Waals surface area contributed by atoms with Crippen molar-refractivity contribution in [2.75, 3.05) is 32.8 Å². The fourth-order valence-corrected chi connectivity index (χ4v) is 2.81. The third-order valence-corrected chi connectivity index (χ3v) is 3.66. The first-order valence-corrected chi connectivity index (χ1v) is 7.58. The van der Waals surface area contributed by atoms with E-state index in [1.165, 1.54) is 0 Å². The first-order chi connectivity index (χ1) is 9.30. The summed E-state index contributed by atoms with van der Waals surface area (Å²) in [4.78, 5) is 12.9. The van der Waals surface area contributed by atoms with Crippen LogP contribution in [0.4, 0.5) is 0 Å². The Balaban J connectivity index is 2.52. The minimum atomic E-state index is -0.762. The summed E-state index contributed by atoms with van der Waals surface area (Å²) in [6.07, 6.45) is 2.85. The topological polar surface area (TPSA) is 72.8 Å². The summed E-state index contributed by atoms with van der Waals surface area (Å²) in [6.45, 7) is 9.49. The van der Waals surface area contributed by atoms with Gasteiger partial charge in [0.1, 0.15) is 0 Å². The maximum atomic E-state index is 10.9. The van der Waals surface area contributed by atoms with Gasteiger partial charge in [0.25, 0.3) is 0 Å². The highest BCUT2D eigenvalue weighted by atomic mass is 16.4. The zero-order chi connectivity index (χ0) is 15.2. The Morgan fingerprint density at radius 1 is 1.35 bits per heavy atom. The Labute approximate surface area is 122 Å². The average Bonchev–Trinajstić information content (AvgIpc) is 2.32. The fourth-order valence-electron chi connectivity index (χ4n) is 2.81. The van der Waals surface area contributed by atoms with Gasteiger partial charge in [0.05, 0.1) is 6.54 Å². The number of aliphatic hydroxyl groups is 1. The minimum Gasteiger partial charge on any atom is -0.480 e. The smallest absolute Gasteiger partial charge is 0.317 e. The second-order valence-corrected chi connectivity index (χ2v) is 7.19. The molecular formula is C15H30N2O3.